The molecule has 0 aromatic carbocycles. The summed E-state index contributed by atoms with van der Waals surface area (Å²) in [5.41, 5.74) is 2.43. The predicted molar refractivity (Wildman–Crippen MR) is 75.6 cm³/mol. The number of rotatable bonds is 5. The maximum Gasteiger partial charge on any atom is 0.0372 e. The van der Waals surface area contributed by atoms with Gasteiger partial charge in [-0.3, -0.25) is 9.88 Å². The van der Waals surface area contributed by atoms with Crippen LogP contribution in [0.3, 0.4) is 0 Å². The smallest absolute Gasteiger partial charge is 0.0372 e. The highest BCUT2D eigenvalue weighted by Gasteiger charge is 2.18. The summed E-state index contributed by atoms with van der Waals surface area (Å²) in [7, 11) is 0. The van der Waals surface area contributed by atoms with Gasteiger partial charge in [0.15, 0.2) is 0 Å². The predicted octanol–water partition coefficient (Wildman–Crippen LogP) is 2.35. The van der Waals surface area contributed by atoms with Gasteiger partial charge in [0.2, 0.25) is 0 Å². The molecule has 0 atom stereocenters. The molecule has 0 saturated carbocycles. The highest BCUT2D eigenvalue weighted by Crippen LogP contribution is 2.13. The SMILES string of the molecule is CCCNC1CCN(Cc2ccc(C)nc2)CC1. The van der Waals surface area contributed by atoms with Crippen LogP contribution in [0.15, 0.2) is 18.3 Å². The number of pyridine rings is 1. The number of aryl methyl sites for hydroxylation is 1. The molecule has 1 aliphatic rings. The van der Waals surface area contributed by atoms with Crippen LogP contribution in [0, 0.1) is 6.92 Å². The lowest BCUT2D eigenvalue weighted by Gasteiger charge is -2.32. The molecule has 2 rings (SSSR count). The van der Waals surface area contributed by atoms with Crippen LogP contribution in [0.5, 0.6) is 0 Å². The maximum atomic E-state index is 4.36. The van der Waals surface area contributed by atoms with E-state index < -0.39 is 0 Å². The van der Waals surface area contributed by atoms with Gasteiger partial charge in [0, 0.05) is 24.5 Å². The molecular weight excluding hydrogens is 222 g/mol. The van der Waals surface area contributed by atoms with Gasteiger partial charge >= 0.3 is 0 Å². The van der Waals surface area contributed by atoms with Crippen molar-refractivity contribution in [3.05, 3.63) is 29.6 Å². The molecule has 3 nitrogen and oxygen atoms in total. The number of likely N-dealkylation sites (tertiary alicyclic amines) is 1. The van der Waals surface area contributed by atoms with E-state index in [0.717, 1.165) is 24.8 Å². The number of nitrogens with zero attached hydrogens (tertiary/aromatic N) is 2. The molecule has 100 valence electrons. The van der Waals surface area contributed by atoms with Crippen molar-refractivity contribution >= 4 is 0 Å². The molecule has 1 aliphatic heterocycles. The molecule has 0 radical (unpaired) electrons. The Balaban J connectivity index is 1.74. The minimum atomic E-state index is 0.734. The van der Waals surface area contributed by atoms with Gasteiger partial charge in [-0.25, -0.2) is 0 Å². The summed E-state index contributed by atoms with van der Waals surface area (Å²) in [5, 5.41) is 3.62. The molecule has 1 N–H and O–H groups in total. The van der Waals surface area contributed by atoms with Gasteiger partial charge in [-0.05, 0) is 57.5 Å². The molecule has 1 aromatic heterocycles. The highest BCUT2D eigenvalue weighted by atomic mass is 15.1. The lowest BCUT2D eigenvalue weighted by molar-refractivity contribution is 0.191. The summed E-state index contributed by atoms with van der Waals surface area (Å²) in [6.07, 6.45) is 5.80. The second-order valence-electron chi connectivity index (χ2n) is 5.31. The minimum absolute atomic E-state index is 0.734. The quantitative estimate of drug-likeness (QED) is 0.865. The van der Waals surface area contributed by atoms with E-state index in [1.54, 1.807) is 0 Å². The van der Waals surface area contributed by atoms with E-state index in [4.69, 9.17) is 0 Å². The molecule has 1 saturated heterocycles. The molecule has 0 aliphatic carbocycles. The Kier molecular flexibility index (Phi) is 5.14. The Bertz CT molecular complexity index is 339. The van der Waals surface area contributed by atoms with Crippen LogP contribution in [0.25, 0.3) is 0 Å². The van der Waals surface area contributed by atoms with Crippen LogP contribution < -0.4 is 5.32 Å². The zero-order chi connectivity index (χ0) is 12.8. The van der Waals surface area contributed by atoms with Crippen molar-refractivity contribution in [1.82, 2.24) is 15.2 Å². The fourth-order valence-corrected chi connectivity index (χ4v) is 2.49. The number of hydrogen-bond acceptors (Lipinski definition) is 3. The zero-order valence-corrected chi connectivity index (χ0v) is 11.7. The van der Waals surface area contributed by atoms with Gasteiger partial charge in [0.1, 0.15) is 0 Å². The standard InChI is InChI=1S/C15H25N3/c1-3-8-16-15-6-9-18(10-7-15)12-14-5-4-13(2)17-11-14/h4-5,11,15-16H,3,6-10,12H2,1-2H3. The van der Waals surface area contributed by atoms with E-state index in [1.807, 2.05) is 13.1 Å². The topological polar surface area (TPSA) is 28.2 Å². The van der Waals surface area contributed by atoms with Crippen molar-refractivity contribution in [2.45, 2.75) is 45.7 Å². The summed E-state index contributed by atoms with van der Waals surface area (Å²) in [4.78, 5) is 6.90. The fourth-order valence-electron chi connectivity index (χ4n) is 2.49. The normalized spacial score (nSPS) is 18.1. The molecule has 1 fully saturated rings. The van der Waals surface area contributed by atoms with E-state index in [2.05, 4.69) is 34.3 Å². The molecule has 3 heteroatoms. The lowest BCUT2D eigenvalue weighted by atomic mass is 10.0. The van der Waals surface area contributed by atoms with Crippen molar-refractivity contribution in [3.8, 4) is 0 Å². The summed E-state index contributed by atoms with van der Waals surface area (Å²) in [6.45, 7) is 8.88. The molecule has 0 unspecified atom stereocenters. The van der Waals surface area contributed by atoms with E-state index in [1.165, 1.54) is 37.9 Å². The zero-order valence-electron chi connectivity index (χ0n) is 11.7. The average molecular weight is 247 g/mol. The first-order valence-electron chi connectivity index (χ1n) is 7.15. The summed E-state index contributed by atoms with van der Waals surface area (Å²) >= 11 is 0. The third-order valence-corrected chi connectivity index (χ3v) is 3.65. The molecule has 2 heterocycles. The summed E-state index contributed by atoms with van der Waals surface area (Å²) < 4.78 is 0. The van der Waals surface area contributed by atoms with Gasteiger partial charge in [-0.2, -0.15) is 0 Å². The number of aromatic nitrogens is 1. The third-order valence-electron chi connectivity index (χ3n) is 3.65. The van der Waals surface area contributed by atoms with E-state index in [-0.39, 0.29) is 0 Å². The Morgan fingerprint density at radius 3 is 2.72 bits per heavy atom. The van der Waals surface area contributed by atoms with Crippen LogP contribution >= 0.6 is 0 Å². The molecule has 0 amide bonds. The van der Waals surface area contributed by atoms with Crippen molar-refractivity contribution < 1.29 is 0 Å². The summed E-state index contributed by atoms with van der Waals surface area (Å²) in [5.74, 6) is 0. The first-order valence-corrected chi connectivity index (χ1v) is 7.15. The molecule has 1 aromatic rings. The number of hydrogen-bond donors (Lipinski definition) is 1. The first kappa shape index (κ1) is 13.5. The number of nitrogens with one attached hydrogen (secondary N) is 1. The Morgan fingerprint density at radius 2 is 2.11 bits per heavy atom. The molecule has 0 bridgehead atoms. The van der Waals surface area contributed by atoms with Gasteiger partial charge in [-0.1, -0.05) is 13.0 Å². The lowest BCUT2D eigenvalue weighted by Crippen LogP contribution is -2.42. The first-order chi connectivity index (χ1) is 8.78. The second kappa shape index (κ2) is 6.86. The summed E-state index contributed by atoms with van der Waals surface area (Å²) in [6, 6.07) is 5.03. The minimum Gasteiger partial charge on any atom is -0.314 e. The van der Waals surface area contributed by atoms with Crippen molar-refractivity contribution in [2.75, 3.05) is 19.6 Å². The maximum absolute atomic E-state index is 4.36. The fraction of sp³-hybridized carbons (Fsp3) is 0.667. The Hall–Kier alpha value is -0.930. The van der Waals surface area contributed by atoms with E-state index in [9.17, 15) is 0 Å². The van der Waals surface area contributed by atoms with Crippen molar-refractivity contribution in [2.24, 2.45) is 0 Å². The van der Waals surface area contributed by atoms with Crippen LogP contribution in [0.2, 0.25) is 0 Å². The van der Waals surface area contributed by atoms with Crippen LogP contribution in [-0.4, -0.2) is 35.6 Å². The van der Waals surface area contributed by atoms with Crippen molar-refractivity contribution in [1.29, 1.82) is 0 Å². The Morgan fingerprint density at radius 1 is 1.33 bits per heavy atom. The van der Waals surface area contributed by atoms with Gasteiger partial charge in [-0.15, -0.1) is 0 Å². The molecular formula is C15H25N3. The average Bonchev–Trinajstić information content (AvgIpc) is 2.41. The Labute approximate surface area is 111 Å². The van der Waals surface area contributed by atoms with E-state index >= 15 is 0 Å². The third kappa shape index (κ3) is 4.07. The van der Waals surface area contributed by atoms with Gasteiger partial charge in [0.25, 0.3) is 0 Å². The monoisotopic (exact) mass is 247 g/mol. The molecule has 18 heavy (non-hydrogen) atoms. The van der Waals surface area contributed by atoms with Crippen LogP contribution in [-0.2, 0) is 6.54 Å². The molecule has 0 spiro atoms. The number of piperidine rings is 1. The van der Waals surface area contributed by atoms with Crippen molar-refractivity contribution in [3.63, 3.8) is 0 Å². The van der Waals surface area contributed by atoms with Gasteiger partial charge in [0.05, 0.1) is 0 Å². The van der Waals surface area contributed by atoms with Crippen LogP contribution in [0.1, 0.15) is 37.4 Å². The highest BCUT2D eigenvalue weighted by molar-refractivity contribution is 5.13. The van der Waals surface area contributed by atoms with E-state index in [0.29, 0.717) is 0 Å². The van der Waals surface area contributed by atoms with Gasteiger partial charge < -0.3 is 5.32 Å². The van der Waals surface area contributed by atoms with Crippen LogP contribution in [0.4, 0.5) is 0 Å². The largest absolute Gasteiger partial charge is 0.314 e. The second-order valence-corrected chi connectivity index (χ2v) is 5.31.